The molecule has 164 valence electrons. The fraction of sp³-hybridized carbons (Fsp3) is 0.333. The summed E-state index contributed by atoms with van der Waals surface area (Å²) in [6.07, 6.45) is -3.07. The molecule has 1 N–H and O–H groups in total. The predicted octanol–water partition coefficient (Wildman–Crippen LogP) is 2.48. The largest absolute Gasteiger partial charge is 0.416 e. The zero-order valence-corrected chi connectivity index (χ0v) is 17.4. The number of nitrogens with zero attached hydrogens (tertiary/aromatic N) is 6. The maximum Gasteiger partial charge on any atom is 0.416 e. The van der Waals surface area contributed by atoms with Gasteiger partial charge in [0.05, 0.1) is 11.6 Å². The third kappa shape index (κ3) is 4.74. The number of alkyl halides is 3. The first-order chi connectivity index (χ1) is 14.5. The van der Waals surface area contributed by atoms with Gasteiger partial charge in [0.25, 0.3) is 17.4 Å². The van der Waals surface area contributed by atoms with Crippen LogP contribution < -0.4 is 10.9 Å². The summed E-state index contributed by atoms with van der Waals surface area (Å²) in [4.78, 5) is 32.8. The molecule has 0 saturated heterocycles. The normalized spacial score (nSPS) is 12.6. The molecule has 1 aromatic carbocycles. The summed E-state index contributed by atoms with van der Waals surface area (Å²) >= 11 is 5.75. The molecule has 1 atom stereocenters. The molecule has 0 fully saturated rings. The summed E-state index contributed by atoms with van der Waals surface area (Å²) in [6, 6.07) is 1.80. The fourth-order valence-corrected chi connectivity index (χ4v) is 3.04. The van der Waals surface area contributed by atoms with E-state index >= 15 is 0 Å². The van der Waals surface area contributed by atoms with Crippen molar-refractivity contribution in [3.8, 4) is 5.95 Å². The Kier molecular flexibility index (Phi) is 6.11. The molecule has 13 heteroatoms. The van der Waals surface area contributed by atoms with E-state index in [0.29, 0.717) is 12.5 Å². The molecule has 3 rings (SSSR count). The number of rotatable bonds is 5. The van der Waals surface area contributed by atoms with Gasteiger partial charge in [0.1, 0.15) is 12.0 Å². The first-order valence-electron chi connectivity index (χ1n) is 9.04. The van der Waals surface area contributed by atoms with Gasteiger partial charge >= 0.3 is 6.18 Å². The Balaban J connectivity index is 1.90. The smallest absolute Gasteiger partial charge is 0.342 e. The highest BCUT2D eigenvalue weighted by atomic mass is 35.5. The van der Waals surface area contributed by atoms with Crippen LogP contribution in [0.25, 0.3) is 5.95 Å². The van der Waals surface area contributed by atoms with Crippen LogP contribution in [0.3, 0.4) is 0 Å². The number of benzene rings is 1. The summed E-state index contributed by atoms with van der Waals surface area (Å²) in [5.41, 5.74) is -1.38. The molecule has 2 aromatic heterocycles. The number of carbonyl (C=O) groups is 1. The van der Waals surface area contributed by atoms with Gasteiger partial charge in [0.2, 0.25) is 0 Å². The molecule has 0 bridgehead atoms. The number of aryl methyl sites for hydroxylation is 2. The maximum absolute atomic E-state index is 13.0. The van der Waals surface area contributed by atoms with Crippen molar-refractivity contribution in [2.45, 2.75) is 32.5 Å². The SMILES string of the molecule is CCc1nc(-n2ncnc2C(C)NC(=O)c2cc(Cl)cc(C(F)(F)F)c2)nn(C)c1=O. The Labute approximate surface area is 178 Å². The zero-order valence-electron chi connectivity index (χ0n) is 16.6. The highest BCUT2D eigenvalue weighted by molar-refractivity contribution is 6.31. The Morgan fingerprint density at radius 2 is 2.00 bits per heavy atom. The molecule has 31 heavy (non-hydrogen) atoms. The van der Waals surface area contributed by atoms with E-state index in [4.69, 9.17) is 11.6 Å². The van der Waals surface area contributed by atoms with Crippen LogP contribution in [-0.4, -0.2) is 35.4 Å². The molecule has 2 heterocycles. The van der Waals surface area contributed by atoms with Crippen molar-refractivity contribution in [3.63, 3.8) is 0 Å². The van der Waals surface area contributed by atoms with Gasteiger partial charge in [0.15, 0.2) is 5.82 Å². The molecular formula is C18H17ClF3N7O2. The summed E-state index contributed by atoms with van der Waals surface area (Å²) in [6.45, 7) is 3.33. The van der Waals surface area contributed by atoms with Crippen molar-refractivity contribution >= 4 is 17.5 Å². The first-order valence-corrected chi connectivity index (χ1v) is 9.42. The molecule has 1 unspecified atom stereocenters. The van der Waals surface area contributed by atoms with Crippen LogP contribution in [0.5, 0.6) is 0 Å². The van der Waals surface area contributed by atoms with Crippen LogP contribution in [0.2, 0.25) is 5.02 Å². The topological polar surface area (TPSA) is 108 Å². The molecule has 1 amide bonds. The molecule has 3 aromatic rings. The number of halogens is 4. The Morgan fingerprint density at radius 1 is 1.29 bits per heavy atom. The predicted molar refractivity (Wildman–Crippen MR) is 104 cm³/mol. The summed E-state index contributed by atoms with van der Waals surface area (Å²) in [7, 11) is 1.46. The average Bonchev–Trinajstić information content (AvgIpc) is 3.18. The van der Waals surface area contributed by atoms with Crippen molar-refractivity contribution < 1.29 is 18.0 Å². The Bertz CT molecular complexity index is 1190. The van der Waals surface area contributed by atoms with Crippen LogP contribution >= 0.6 is 11.6 Å². The van der Waals surface area contributed by atoms with Gasteiger partial charge in [-0.3, -0.25) is 9.59 Å². The van der Waals surface area contributed by atoms with E-state index in [-0.39, 0.29) is 33.6 Å². The van der Waals surface area contributed by atoms with Crippen molar-refractivity contribution in [2.24, 2.45) is 7.05 Å². The number of amides is 1. The quantitative estimate of drug-likeness (QED) is 0.633. The summed E-state index contributed by atoms with van der Waals surface area (Å²) < 4.78 is 41.4. The lowest BCUT2D eigenvalue weighted by atomic mass is 10.1. The van der Waals surface area contributed by atoms with Crippen LogP contribution in [0.4, 0.5) is 13.2 Å². The van der Waals surface area contributed by atoms with Crippen LogP contribution in [0.1, 0.15) is 47.3 Å². The lowest BCUT2D eigenvalue weighted by Crippen LogP contribution is -2.31. The molecule has 0 aliphatic heterocycles. The van der Waals surface area contributed by atoms with Gasteiger partial charge in [-0.1, -0.05) is 18.5 Å². The van der Waals surface area contributed by atoms with E-state index in [2.05, 4.69) is 25.5 Å². The lowest BCUT2D eigenvalue weighted by molar-refractivity contribution is -0.137. The lowest BCUT2D eigenvalue weighted by Gasteiger charge is -2.15. The number of carbonyl (C=O) groups excluding carboxylic acids is 1. The maximum atomic E-state index is 13.0. The van der Waals surface area contributed by atoms with E-state index in [1.165, 1.54) is 18.1 Å². The Morgan fingerprint density at radius 3 is 2.65 bits per heavy atom. The van der Waals surface area contributed by atoms with Gasteiger partial charge in [-0.15, -0.1) is 5.10 Å². The average molecular weight is 456 g/mol. The minimum absolute atomic E-state index is 0.0645. The standard InChI is InChI=1S/C18H17ClF3N7O2/c1-4-13-16(31)28(3)27-17(26-13)29-14(23-8-24-29)9(2)25-15(30)10-5-11(18(20,21)22)7-12(19)6-10/h5-9H,4H2,1-3H3,(H,25,30). The van der Waals surface area contributed by atoms with Crippen molar-refractivity contribution in [3.05, 3.63) is 62.5 Å². The third-order valence-corrected chi connectivity index (χ3v) is 4.55. The number of hydrogen-bond donors (Lipinski definition) is 1. The van der Waals surface area contributed by atoms with Gasteiger partial charge < -0.3 is 5.32 Å². The second-order valence-electron chi connectivity index (χ2n) is 6.59. The molecule has 0 spiro atoms. The third-order valence-electron chi connectivity index (χ3n) is 4.34. The molecule has 9 nitrogen and oxygen atoms in total. The first kappa shape index (κ1) is 22.4. The molecule has 0 aliphatic rings. The van der Waals surface area contributed by atoms with Crippen molar-refractivity contribution in [1.29, 1.82) is 0 Å². The van der Waals surface area contributed by atoms with Crippen LogP contribution in [-0.2, 0) is 19.6 Å². The monoisotopic (exact) mass is 455 g/mol. The van der Waals surface area contributed by atoms with Gasteiger partial charge in [-0.25, -0.2) is 14.6 Å². The molecule has 0 saturated carbocycles. The van der Waals surface area contributed by atoms with Crippen LogP contribution in [0.15, 0.2) is 29.3 Å². The van der Waals surface area contributed by atoms with E-state index in [1.807, 2.05) is 0 Å². The second kappa shape index (κ2) is 8.46. The highest BCUT2D eigenvalue weighted by Gasteiger charge is 2.32. The van der Waals surface area contributed by atoms with Crippen molar-refractivity contribution in [2.75, 3.05) is 0 Å². The second-order valence-corrected chi connectivity index (χ2v) is 7.03. The number of aromatic nitrogens is 6. The van der Waals surface area contributed by atoms with Gasteiger partial charge in [0, 0.05) is 17.6 Å². The Hall–Kier alpha value is -3.28. The van der Waals surface area contributed by atoms with Gasteiger partial charge in [-0.05, 0) is 31.5 Å². The van der Waals surface area contributed by atoms with E-state index in [0.717, 1.165) is 16.8 Å². The molecule has 0 aliphatic carbocycles. The molecular weight excluding hydrogens is 439 g/mol. The minimum Gasteiger partial charge on any atom is -0.342 e. The molecule has 0 radical (unpaired) electrons. The van der Waals surface area contributed by atoms with Gasteiger partial charge in [-0.2, -0.15) is 23.0 Å². The summed E-state index contributed by atoms with van der Waals surface area (Å²) in [5.74, 6) is -0.507. The van der Waals surface area contributed by atoms with Crippen LogP contribution in [0, 0.1) is 0 Å². The van der Waals surface area contributed by atoms with Crippen molar-refractivity contribution in [1.82, 2.24) is 34.8 Å². The van der Waals surface area contributed by atoms with E-state index < -0.39 is 23.7 Å². The fourth-order valence-electron chi connectivity index (χ4n) is 2.81. The summed E-state index contributed by atoms with van der Waals surface area (Å²) in [5, 5.41) is 10.4. The zero-order chi connectivity index (χ0) is 22.9. The number of nitrogens with one attached hydrogen (secondary N) is 1. The van der Waals surface area contributed by atoms with E-state index in [9.17, 15) is 22.8 Å². The number of hydrogen-bond acceptors (Lipinski definition) is 6. The minimum atomic E-state index is -4.65. The highest BCUT2D eigenvalue weighted by Crippen LogP contribution is 2.32. The van der Waals surface area contributed by atoms with E-state index in [1.54, 1.807) is 13.8 Å².